The van der Waals surface area contributed by atoms with E-state index in [2.05, 4.69) is 70.6 Å². The fraction of sp³-hybridized carbons (Fsp3) is 0.200. The topological polar surface area (TPSA) is 12.0 Å². The summed E-state index contributed by atoms with van der Waals surface area (Å²) < 4.78 is 1.11. The van der Waals surface area contributed by atoms with Gasteiger partial charge in [-0.1, -0.05) is 49.4 Å². The van der Waals surface area contributed by atoms with E-state index >= 15 is 0 Å². The van der Waals surface area contributed by atoms with Gasteiger partial charge in [-0.15, -0.1) is 0 Å². The molecule has 0 aliphatic carbocycles. The fourth-order valence-corrected chi connectivity index (χ4v) is 2.19. The Bertz CT molecular complexity index is 467. The number of para-hydroxylation sites is 1. The fourth-order valence-electron chi connectivity index (χ4n) is 1.77. The maximum Gasteiger partial charge on any atom is 0.0484 e. The molecule has 0 fully saturated rings. The third kappa shape index (κ3) is 3.34. The Morgan fingerprint density at radius 1 is 1.00 bits per heavy atom. The molecule has 17 heavy (non-hydrogen) atoms. The molecular weight excluding hydrogens is 274 g/mol. The molecule has 0 amide bonds. The molecule has 2 heteroatoms. The average molecular weight is 290 g/mol. The minimum atomic E-state index is 0.503. The van der Waals surface area contributed by atoms with E-state index in [0.29, 0.717) is 5.92 Å². The van der Waals surface area contributed by atoms with Crippen LogP contribution in [-0.4, -0.2) is 6.54 Å². The molecule has 2 aromatic carbocycles. The van der Waals surface area contributed by atoms with Crippen molar-refractivity contribution >= 4 is 21.6 Å². The smallest absolute Gasteiger partial charge is 0.0484 e. The summed E-state index contributed by atoms with van der Waals surface area (Å²) in [6.45, 7) is 3.17. The largest absolute Gasteiger partial charge is 0.384 e. The van der Waals surface area contributed by atoms with Crippen molar-refractivity contribution in [1.82, 2.24) is 0 Å². The van der Waals surface area contributed by atoms with Crippen LogP contribution in [0.2, 0.25) is 0 Å². The number of anilines is 1. The van der Waals surface area contributed by atoms with Crippen LogP contribution in [0.15, 0.2) is 59.1 Å². The molecule has 0 saturated carbocycles. The van der Waals surface area contributed by atoms with Crippen molar-refractivity contribution in [1.29, 1.82) is 0 Å². The molecule has 0 spiro atoms. The molecular formula is C15H16BrN. The summed E-state index contributed by atoms with van der Waals surface area (Å²) in [5.41, 5.74) is 2.52. The lowest BCUT2D eigenvalue weighted by molar-refractivity contribution is 0.804. The van der Waals surface area contributed by atoms with Gasteiger partial charge in [0.25, 0.3) is 0 Å². The second-order valence-corrected chi connectivity index (χ2v) is 5.03. The van der Waals surface area contributed by atoms with Crippen molar-refractivity contribution in [2.45, 2.75) is 12.8 Å². The van der Waals surface area contributed by atoms with Crippen LogP contribution in [0.1, 0.15) is 18.4 Å². The first kappa shape index (κ1) is 12.2. The zero-order valence-corrected chi connectivity index (χ0v) is 11.4. The molecule has 1 unspecified atom stereocenters. The Morgan fingerprint density at radius 3 is 2.35 bits per heavy atom. The SMILES string of the molecule is CC(CNc1ccccc1Br)c1ccccc1. The highest BCUT2D eigenvalue weighted by Gasteiger charge is 2.05. The lowest BCUT2D eigenvalue weighted by Crippen LogP contribution is -2.09. The van der Waals surface area contributed by atoms with Gasteiger partial charge >= 0.3 is 0 Å². The average Bonchev–Trinajstić information content (AvgIpc) is 2.38. The first-order valence-electron chi connectivity index (χ1n) is 5.80. The van der Waals surface area contributed by atoms with Crippen molar-refractivity contribution in [2.75, 3.05) is 11.9 Å². The molecule has 0 aliphatic heterocycles. The van der Waals surface area contributed by atoms with Crippen LogP contribution in [0.25, 0.3) is 0 Å². The Labute approximate surface area is 111 Å². The first-order chi connectivity index (χ1) is 8.27. The number of hydrogen-bond acceptors (Lipinski definition) is 1. The van der Waals surface area contributed by atoms with Crippen molar-refractivity contribution in [3.63, 3.8) is 0 Å². The van der Waals surface area contributed by atoms with Gasteiger partial charge in [0.2, 0.25) is 0 Å². The molecule has 0 heterocycles. The van der Waals surface area contributed by atoms with E-state index in [1.54, 1.807) is 0 Å². The van der Waals surface area contributed by atoms with Gasteiger partial charge in [-0.05, 0) is 39.5 Å². The summed E-state index contributed by atoms with van der Waals surface area (Å²) in [5.74, 6) is 0.503. The van der Waals surface area contributed by atoms with Crippen LogP contribution in [-0.2, 0) is 0 Å². The summed E-state index contributed by atoms with van der Waals surface area (Å²) in [5, 5.41) is 3.46. The molecule has 1 atom stereocenters. The van der Waals surface area contributed by atoms with Crippen molar-refractivity contribution in [3.05, 3.63) is 64.6 Å². The van der Waals surface area contributed by atoms with Gasteiger partial charge in [0.1, 0.15) is 0 Å². The number of nitrogens with one attached hydrogen (secondary N) is 1. The Kier molecular flexibility index (Phi) is 4.21. The van der Waals surface area contributed by atoms with E-state index in [9.17, 15) is 0 Å². The predicted molar refractivity (Wildman–Crippen MR) is 77.5 cm³/mol. The third-order valence-electron chi connectivity index (χ3n) is 2.84. The maximum atomic E-state index is 3.54. The van der Waals surface area contributed by atoms with Gasteiger partial charge in [0.05, 0.1) is 0 Å². The molecule has 1 N–H and O–H groups in total. The molecule has 0 aromatic heterocycles. The maximum absolute atomic E-state index is 3.54. The van der Waals surface area contributed by atoms with Crippen LogP contribution in [0.4, 0.5) is 5.69 Å². The summed E-state index contributed by atoms with van der Waals surface area (Å²) in [6.07, 6.45) is 0. The zero-order valence-electron chi connectivity index (χ0n) is 9.86. The molecule has 2 aromatic rings. The summed E-state index contributed by atoms with van der Waals surface area (Å²) >= 11 is 3.54. The lowest BCUT2D eigenvalue weighted by atomic mass is 10.0. The first-order valence-corrected chi connectivity index (χ1v) is 6.60. The van der Waals surface area contributed by atoms with Crippen molar-refractivity contribution in [3.8, 4) is 0 Å². The van der Waals surface area contributed by atoms with Crippen LogP contribution in [0, 0.1) is 0 Å². The van der Waals surface area contributed by atoms with E-state index in [4.69, 9.17) is 0 Å². The second-order valence-electron chi connectivity index (χ2n) is 4.17. The molecule has 88 valence electrons. The standard InChI is InChI=1S/C15H16BrN/c1-12(13-7-3-2-4-8-13)11-17-15-10-6-5-9-14(15)16/h2-10,12,17H,11H2,1H3. The molecule has 0 aliphatic rings. The van der Waals surface area contributed by atoms with Crippen molar-refractivity contribution in [2.24, 2.45) is 0 Å². The highest BCUT2D eigenvalue weighted by atomic mass is 79.9. The summed E-state index contributed by atoms with van der Waals surface area (Å²) in [4.78, 5) is 0. The van der Waals surface area contributed by atoms with E-state index in [1.807, 2.05) is 12.1 Å². The lowest BCUT2D eigenvalue weighted by Gasteiger charge is -2.14. The number of rotatable bonds is 4. The number of benzene rings is 2. The van der Waals surface area contributed by atoms with Crippen LogP contribution in [0.5, 0.6) is 0 Å². The van der Waals surface area contributed by atoms with Gasteiger partial charge in [0, 0.05) is 16.7 Å². The Hall–Kier alpha value is -1.28. The van der Waals surface area contributed by atoms with Gasteiger partial charge in [-0.2, -0.15) is 0 Å². The van der Waals surface area contributed by atoms with Gasteiger partial charge in [0.15, 0.2) is 0 Å². The van der Waals surface area contributed by atoms with Crippen LogP contribution in [0.3, 0.4) is 0 Å². The third-order valence-corrected chi connectivity index (χ3v) is 3.53. The summed E-state index contributed by atoms with van der Waals surface area (Å²) in [7, 11) is 0. The monoisotopic (exact) mass is 289 g/mol. The van der Waals surface area contributed by atoms with Crippen molar-refractivity contribution < 1.29 is 0 Å². The quantitative estimate of drug-likeness (QED) is 0.863. The number of halogens is 1. The van der Waals surface area contributed by atoms with Crippen LogP contribution >= 0.6 is 15.9 Å². The second kappa shape index (κ2) is 5.87. The minimum absolute atomic E-state index is 0.503. The van der Waals surface area contributed by atoms with E-state index < -0.39 is 0 Å². The zero-order chi connectivity index (χ0) is 12.1. The van der Waals surface area contributed by atoms with Gasteiger partial charge in [-0.3, -0.25) is 0 Å². The van der Waals surface area contributed by atoms with E-state index in [-0.39, 0.29) is 0 Å². The highest BCUT2D eigenvalue weighted by molar-refractivity contribution is 9.10. The molecule has 1 nitrogen and oxygen atoms in total. The minimum Gasteiger partial charge on any atom is -0.384 e. The molecule has 0 saturated heterocycles. The van der Waals surface area contributed by atoms with E-state index in [0.717, 1.165) is 16.7 Å². The Morgan fingerprint density at radius 2 is 1.65 bits per heavy atom. The highest BCUT2D eigenvalue weighted by Crippen LogP contribution is 2.23. The van der Waals surface area contributed by atoms with Gasteiger partial charge < -0.3 is 5.32 Å². The number of hydrogen-bond donors (Lipinski definition) is 1. The predicted octanol–water partition coefficient (Wildman–Crippen LogP) is 4.66. The summed E-state index contributed by atoms with van der Waals surface area (Å²) in [6, 6.07) is 18.8. The van der Waals surface area contributed by atoms with Crippen LogP contribution < -0.4 is 5.32 Å². The van der Waals surface area contributed by atoms with E-state index in [1.165, 1.54) is 5.56 Å². The van der Waals surface area contributed by atoms with Gasteiger partial charge in [-0.25, -0.2) is 0 Å². The molecule has 0 radical (unpaired) electrons. The normalized spacial score (nSPS) is 12.1. The molecule has 2 rings (SSSR count). The Balaban J connectivity index is 1.97. The molecule has 0 bridgehead atoms.